The van der Waals surface area contributed by atoms with Crippen LogP contribution in [0.3, 0.4) is 0 Å². The van der Waals surface area contributed by atoms with Gasteiger partial charge >= 0.3 is 5.97 Å². The van der Waals surface area contributed by atoms with E-state index in [-0.39, 0.29) is 43.6 Å². The van der Waals surface area contributed by atoms with E-state index in [0.29, 0.717) is 10.6 Å². The third kappa shape index (κ3) is 4.82. The molecule has 0 aliphatic carbocycles. The lowest BCUT2D eigenvalue weighted by Crippen LogP contribution is -2.51. The topological polar surface area (TPSA) is 96.9 Å². The Kier molecular flexibility index (Phi) is 6.35. The third-order valence-electron chi connectivity index (χ3n) is 4.67. The lowest BCUT2D eigenvalue weighted by atomic mass is 10.2. The van der Waals surface area contributed by atoms with Gasteiger partial charge in [0.25, 0.3) is 5.91 Å². The number of rotatable bonds is 5. The fourth-order valence-electron chi connectivity index (χ4n) is 3.04. The van der Waals surface area contributed by atoms with Gasteiger partial charge in [-0.15, -0.1) is 11.3 Å². The molecule has 0 saturated carbocycles. The molecule has 2 heterocycles. The van der Waals surface area contributed by atoms with Crippen LogP contribution in [0.1, 0.15) is 25.9 Å². The first kappa shape index (κ1) is 21.4. The highest BCUT2D eigenvalue weighted by Gasteiger charge is 2.30. The highest BCUT2D eigenvalue weighted by molar-refractivity contribution is 7.89. The third-order valence-corrected chi connectivity index (χ3v) is 7.63. The molecule has 1 aromatic carbocycles. The Morgan fingerprint density at radius 3 is 2.24 bits per heavy atom. The number of benzene rings is 1. The van der Waals surface area contributed by atoms with Crippen molar-refractivity contribution < 1.29 is 22.7 Å². The summed E-state index contributed by atoms with van der Waals surface area (Å²) in [6.45, 7) is 5.93. The van der Waals surface area contributed by atoms with Crippen LogP contribution < -0.4 is 0 Å². The molecule has 1 saturated heterocycles. The molecular formula is C19H23N3O5S2. The van der Waals surface area contributed by atoms with E-state index in [9.17, 15) is 18.0 Å². The second kappa shape index (κ2) is 8.60. The Balaban J connectivity index is 1.53. The van der Waals surface area contributed by atoms with Crippen LogP contribution in [-0.2, 0) is 19.6 Å². The summed E-state index contributed by atoms with van der Waals surface area (Å²) in [5.41, 5.74) is 1.57. The van der Waals surface area contributed by atoms with Crippen molar-refractivity contribution >= 4 is 33.2 Å². The number of aromatic nitrogens is 1. The van der Waals surface area contributed by atoms with Crippen LogP contribution in [0.5, 0.6) is 0 Å². The second-order valence-corrected chi connectivity index (χ2v) is 9.96. The molecule has 1 aliphatic rings. The van der Waals surface area contributed by atoms with Crippen molar-refractivity contribution in [1.29, 1.82) is 0 Å². The van der Waals surface area contributed by atoms with E-state index in [1.807, 2.05) is 6.92 Å². The maximum absolute atomic E-state index is 12.7. The number of aryl methyl sites for hydroxylation is 3. The summed E-state index contributed by atoms with van der Waals surface area (Å²) in [7, 11) is -3.59. The van der Waals surface area contributed by atoms with Crippen molar-refractivity contribution in [3.05, 3.63) is 45.4 Å². The average molecular weight is 438 g/mol. The zero-order valence-corrected chi connectivity index (χ0v) is 18.2. The molecule has 1 aliphatic heterocycles. The van der Waals surface area contributed by atoms with Crippen molar-refractivity contribution in [2.45, 2.75) is 25.7 Å². The van der Waals surface area contributed by atoms with E-state index < -0.39 is 16.0 Å². The summed E-state index contributed by atoms with van der Waals surface area (Å²) in [4.78, 5) is 30.8. The molecule has 1 aromatic heterocycles. The van der Waals surface area contributed by atoms with Crippen LogP contribution in [0, 0.1) is 20.8 Å². The first-order chi connectivity index (χ1) is 13.7. The Morgan fingerprint density at radius 1 is 1.07 bits per heavy atom. The predicted molar refractivity (Wildman–Crippen MR) is 108 cm³/mol. The molecule has 0 N–H and O–H groups in total. The largest absolute Gasteiger partial charge is 0.451 e. The van der Waals surface area contributed by atoms with Crippen LogP contribution >= 0.6 is 11.3 Å². The van der Waals surface area contributed by atoms with Gasteiger partial charge in [0.05, 0.1) is 15.6 Å². The molecule has 3 rings (SSSR count). The van der Waals surface area contributed by atoms with Crippen LogP contribution in [0.15, 0.2) is 29.2 Å². The van der Waals surface area contributed by atoms with E-state index >= 15 is 0 Å². The van der Waals surface area contributed by atoms with Gasteiger partial charge < -0.3 is 9.64 Å². The molecular weight excluding hydrogens is 414 g/mol. The van der Waals surface area contributed by atoms with Crippen LogP contribution in [0.25, 0.3) is 0 Å². The Bertz CT molecular complexity index is 1010. The van der Waals surface area contributed by atoms with Gasteiger partial charge in [0.15, 0.2) is 6.61 Å². The van der Waals surface area contributed by atoms with Crippen molar-refractivity contribution in [3.63, 3.8) is 0 Å². The lowest BCUT2D eigenvalue weighted by molar-refractivity contribution is -0.135. The molecule has 1 fully saturated rings. The molecule has 156 valence electrons. The normalized spacial score (nSPS) is 15.3. The fraction of sp³-hybridized carbons (Fsp3) is 0.421. The highest BCUT2D eigenvalue weighted by Crippen LogP contribution is 2.19. The second-order valence-electron chi connectivity index (χ2n) is 6.82. The quantitative estimate of drug-likeness (QED) is 0.662. The van der Waals surface area contributed by atoms with Gasteiger partial charge in [0.2, 0.25) is 10.0 Å². The summed E-state index contributed by atoms with van der Waals surface area (Å²) >= 11 is 1.23. The van der Waals surface area contributed by atoms with E-state index in [0.717, 1.165) is 10.6 Å². The van der Waals surface area contributed by atoms with E-state index in [4.69, 9.17) is 4.74 Å². The molecule has 10 heteroatoms. The summed E-state index contributed by atoms with van der Waals surface area (Å²) in [5, 5.41) is 0.756. The standard InChI is InChI=1S/C19H23N3O5S2/c1-13-4-6-16(7-5-13)29(25,26)22-10-8-21(9-11-22)17(23)12-27-19(24)18-14(2)20-15(3)28-18/h4-7H,8-12H2,1-3H3. The average Bonchev–Trinajstić information content (AvgIpc) is 3.04. The van der Waals surface area contributed by atoms with Crippen molar-refractivity contribution in [2.75, 3.05) is 32.8 Å². The number of sulfonamides is 1. The van der Waals surface area contributed by atoms with Crippen LogP contribution in [-0.4, -0.2) is 67.3 Å². The highest BCUT2D eigenvalue weighted by atomic mass is 32.2. The number of nitrogens with zero attached hydrogens (tertiary/aromatic N) is 3. The van der Waals surface area contributed by atoms with Gasteiger partial charge in [-0.2, -0.15) is 4.31 Å². The molecule has 0 spiro atoms. The van der Waals surface area contributed by atoms with Gasteiger partial charge in [0.1, 0.15) is 4.88 Å². The molecule has 2 aromatic rings. The predicted octanol–water partition coefficient (Wildman–Crippen LogP) is 1.76. The number of amides is 1. The number of thiazole rings is 1. The zero-order valence-electron chi connectivity index (χ0n) is 16.5. The molecule has 0 radical (unpaired) electrons. The Morgan fingerprint density at radius 2 is 1.69 bits per heavy atom. The van der Waals surface area contributed by atoms with E-state index in [1.54, 1.807) is 38.1 Å². The number of piperazine rings is 1. The summed E-state index contributed by atoms with van der Waals surface area (Å²) in [6, 6.07) is 6.69. The minimum Gasteiger partial charge on any atom is -0.451 e. The van der Waals surface area contributed by atoms with Crippen LogP contribution in [0.4, 0.5) is 0 Å². The first-order valence-electron chi connectivity index (χ1n) is 9.14. The van der Waals surface area contributed by atoms with Crippen LogP contribution in [0.2, 0.25) is 0 Å². The number of hydrogen-bond donors (Lipinski definition) is 0. The van der Waals surface area contributed by atoms with Gasteiger partial charge in [-0.05, 0) is 32.9 Å². The number of esters is 1. The molecule has 0 bridgehead atoms. The zero-order chi connectivity index (χ0) is 21.2. The maximum atomic E-state index is 12.7. The monoisotopic (exact) mass is 437 g/mol. The van der Waals surface area contributed by atoms with Crippen molar-refractivity contribution in [2.24, 2.45) is 0 Å². The summed E-state index contributed by atoms with van der Waals surface area (Å²) < 4.78 is 32.0. The molecule has 1 amide bonds. The summed E-state index contributed by atoms with van der Waals surface area (Å²) in [6.07, 6.45) is 0. The molecule has 0 atom stereocenters. The minimum atomic E-state index is -3.59. The van der Waals surface area contributed by atoms with Gasteiger partial charge in [-0.3, -0.25) is 4.79 Å². The Hall–Kier alpha value is -2.30. The maximum Gasteiger partial charge on any atom is 0.350 e. The van der Waals surface area contributed by atoms with Gasteiger partial charge in [-0.1, -0.05) is 17.7 Å². The first-order valence-corrected chi connectivity index (χ1v) is 11.4. The fourth-order valence-corrected chi connectivity index (χ4v) is 5.28. The van der Waals surface area contributed by atoms with Crippen molar-refractivity contribution in [1.82, 2.24) is 14.2 Å². The van der Waals surface area contributed by atoms with Gasteiger partial charge in [-0.25, -0.2) is 18.2 Å². The van der Waals surface area contributed by atoms with E-state index in [1.165, 1.54) is 20.5 Å². The lowest BCUT2D eigenvalue weighted by Gasteiger charge is -2.33. The van der Waals surface area contributed by atoms with Crippen molar-refractivity contribution in [3.8, 4) is 0 Å². The minimum absolute atomic E-state index is 0.197. The van der Waals surface area contributed by atoms with Gasteiger partial charge in [0, 0.05) is 26.2 Å². The molecule has 29 heavy (non-hydrogen) atoms. The SMILES string of the molecule is Cc1ccc(S(=O)(=O)N2CCN(C(=O)COC(=O)c3sc(C)nc3C)CC2)cc1. The Labute approximate surface area is 174 Å². The smallest absolute Gasteiger partial charge is 0.350 e. The number of hydrogen-bond acceptors (Lipinski definition) is 7. The van der Waals surface area contributed by atoms with E-state index in [2.05, 4.69) is 4.98 Å². The molecule has 0 unspecified atom stereocenters. The molecule has 8 nitrogen and oxygen atoms in total. The number of ether oxygens (including phenoxy) is 1. The number of carbonyl (C=O) groups is 2. The number of carbonyl (C=O) groups excluding carboxylic acids is 2. The summed E-state index contributed by atoms with van der Waals surface area (Å²) in [5.74, 6) is -0.911.